The molecule has 0 spiro atoms. The van der Waals surface area contributed by atoms with E-state index in [4.69, 9.17) is 15.6 Å². The number of hydrogen-bond donors (Lipinski definition) is 3. The molecule has 4 N–H and O–H groups in total. The van der Waals surface area contributed by atoms with Gasteiger partial charge in [-0.15, -0.1) is 0 Å². The molecule has 1 atom stereocenters. The van der Waals surface area contributed by atoms with Gasteiger partial charge in [-0.3, -0.25) is 9.59 Å². The van der Waals surface area contributed by atoms with Crippen molar-refractivity contribution in [3.8, 4) is 11.8 Å². The highest BCUT2D eigenvalue weighted by Gasteiger charge is 2.23. The Hall–Kier alpha value is -3.70. The van der Waals surface area contributed by atoms with Crippen molar-refractivity contribution in [3.63, 3.8) is 0 Å². The van der Waals surface area contributed by atoms with Crippen LogP contribution >= 0.6 is 0 Å². The number of carbonyl (C=O) groups excluding carboxylic acids is 1. The SMILES string of the molecule is CCCOc1ccc(C(=O)N=C(N)c2ccc3c(c2C)CCNC3CCCC(=O)O)cc1C#N. The number of aliphatic imine (C=N–C) groups is 1. The molecule has 1 amide bonds. The fraction of sp³-hybridized carbons (Fsp3) is 0.385. The molecule has 1 aliphatic heterocycles. The van der Waals surface area contributed by atoms with Crippen LogP contribution in [-0.2, 0) is 11.2 Å². The first-order valence-corrected chi connectivity index (χ1v) is 11.5. The average Bonchev–Trinajstić information content (AvgIpc) is 2.82. The molecule has 0 bridgehead atoms. The van der Waals surface area contributed by atoms with Crippen LogP contribution in [0.25, 0.3) is 0 Å². The third-order valence-corrected chi connectivity index (χ3v) is 5.97. The third kappa shape index (κ3) is 5.80. The Balaban J connectivity index is 1.82. The molecule has 0 aromatic heterocycles. The lowest BCUT2D eigenvalue weighted by Crippen LogP contribution is -2.31. The van der Waals surface area contributed by atoms with Crippen molar-refractivity contribution in [3.05, 3.63) is 63.7 Å². The minimum absolute atomic E-state index is 0.0912. The minimum atomic E-state index is -0.791. The number of amidine groups is 1. The molecule has 8 heteroatoms. The largest absolute Gasteiger partial charge is 0.492 e. The lowest BCUT2D eigenvalue weighted by atomic mass is 9.86. The van der Waals surface area contributed by atoms with E-state index in [1.807, 2.05) is 26.0 Å². The molecule has 1 aliphatic rings. The minimum Gasteiger partial charge on any atom is -0.492 e. The quantitative estimate of drug-likeness (QED) is 0.382. The van der Waals surface area contributed by atoms with Gasteiger partial charge in [0.1, 0.15) is 17.7 Å². The van der Waals surface area contributed by atoms with E-state index in [-0.39, 0.29) is 29.4 Å². The number of nitrogens with zero attached hydrogens (tertiary/aromatic N) is 2. The van der Waals surface area contributed by atoms with Gasteiger partial charge in [-0.05, 0) is 74.0 Å². The molecule has 0 aliphatic carbocycles. The maximum absolute atomic E-state index is 12.8. The Kier molecular flexibility index (Phi) is 8.39. The van der Waals surface area contributed by atoms with Gasteiger partial charge in [-0.25, -0.2) is 0 Å². The molecule has 34 heavy (non-hydrogen) atoms. The van der Waals surface area contributed by atoms with E-state index >= 15 is 0 Å². The second-order valence-corrected chi connectivity index (χ2v) is 8.32. The van der Waals surface area contributed by atoms with Crippen molar-refractivity contribution >= 4 is 17.7 Å². The van der Waals surface area contributed by atoms with Crippen molar-refractivity contribution in [1.29, 1.82) is 5.26 Å². The number of amides is 1. The summed E-state index contributed by atoms with van der Waals surface area (Å²) < 4.78 is 5.55. The van der Waals surface area contributed by atoms with Crippen molar-refractivity contribution in [2.75, 3.05) is 13.2 Å². The molecule has 3 rings (SSSR count). The lowest BCUT2D eigenvalue weighted by molar-refractivity contribution is -0.137. The highest BCUT2D eigenvalue weighted by molar-refractivity contribution is 6.09. The maximum atomic E-state index is 12.8. The zero-order valence-corrected chi connectivity index (χ0v) is 19.6. The summed E-state index contributed by atoms with van der Waals surface area (Å²) in [6.07, 6.45) is 3.10. The van der Waals surface area contributed by atoms with E-state index in [0.717, 1.165) is 42.5 Å². The average molecular weight is 463 g/mol. The number of nitrogens with two attached hydrogens (primary N) is 1. The number of nitrogens with one attached hydrogen (secondary N) is 1. The number of fused-ring (bicyclic) bond motifs is 1. The van der Waals surface area contributed by atoms with E-state index in [2.05, 4.69) is 16.4 Å². The van der Waals surface area contributed by atoms with Gasteiger partial charge in [0.05, 0.1) is 12.2 Å². The third-order valence-electron chi connectivity index (χ3n) is 5.97. The van der Waals surface area contributed by atoms with Crippen LogP contribution in [0, 0.1) is 18.3 Å². The van der Waals surface area contributed by atoms with Gasteiger partial charge < -0.3 is 20.9 Å². The molecule has 0 saturated heterocycles. The van der Waals surface area contributed by atoms with Crippen LogP contribution in [0.1, 0.15) is 76.8 Å². The van der Waals surface area contributed by atoms with Crippen molar-refractivity contribution in [1.82, 2.24) is 5.32 Å². The monoisotopic (exact) mass is 462 g/mol. The molecule has 1 unspecified atom stereocenters. The Bertz CT molecular complexity index is 1150. The number of carboxylic acids is 1. The summed E-state index contributed by atoms with van der Waals surface area (Å²) in [5.74, 6) is -0.756. The molecule has 0 fully saturated rings. The first-order valence-electron chi connectivity index (χ1n) is 11.5. The maximum Gasteiger partial charge on any atom is 0.303 e. The zero-order valence-electron chi connectivity index (χ0n) is 19.6. The summed E-state index contributed by atoms with van der Waals surface area (Å²) >= 11 is 0. The molecule has 1 heterocycles. The Morgan fingerprint density at radius 2 is 2.12 bits per heavy atom. The summed E-state index contributed by atoms with van der Waals surface area (Å²) in [5.41, 5.74) is 10.7. The number of ether oxygens (including phenoxy) is 1. The zero-order chi connectivity index (χ0) is 24.7. The second-order valence-electron chi connectivity index (χ2n) is 8.32. The Labute approximate surface area is 199 Å². The van der Waals surface area contributed by atoms with E-state index in [0.29, 0.717) is 24.3 Å². The molecular weight excluding hydrogens is 432 g/mol. The lowest BCUT2D eigenvalue weighted by Gasteiger charge is -2.29. The first kappa shape index (κ1) is 24.9. The number of hydrogen-bond acceptors (Lipinski definition) is 5. The van der Waals surface area contributed by atoms with Crippen LogP contribution in [0.3, 0.4) is 0 Å². The number of rotatable bonds is 9. The fourth-order valence-corrected chi connectivity index (χ4v) is 4.23. The normalized spacial score (nSPS) is 15.3. The van der Waals surface area contributed by atoms with Gasteiger partial charge in [-0.1, -0.05) is 19.1 Å². The van der Waals surface area contributed by atoms with E-state index in [9.17, 15) is 14.9 Å². The van der Waals surface area contributed by atoms with Crippen LogP contribution in [0.4, 0.5) is 0 Å². The Morgan fingerprint density at radius 1 is 1.32 bits per heavy atom. The second kappa shape index (κ2) is 11.4. The number of carboxylic acid groups (broad SMARTS) is 1. The summed E-state index contributed by atoms with van der Waals surface area (Å²) in [5, 5.41) is 21.8. The van der Waals surface area contributed by atoms with E-state index in [1.54, 1.807) is 12.1 Å². The molecule has 2 aromatic rings. The summed E-state index contributed by atoms with van der Waals surface area (Å²) in [4.78, 5) is 27.7. The van der Waals surface area contributed by atoms with Crippen LogP contribution in [0.5, 0.6) is 5.75 Å². The number of nitriles is 1. The molecule has 8 nitrogen and oxygen atoms in total. The van der Waals surface area contributed by atoms with Gasteiger partial charge in [0.2, 0.25) is 0 Å². The molecular formula is C26H30N4O4. The van der Waals surface area contributed by atoms with Crippen molar-refractivity contribution in [2.24, 2.45) is 10.7 Å². The van der Waals surface area contributed by atoms with Gasteiger partial charge in [-0.2, -0.15) is 10.3 Å². The highest BCUT2D eigenvalue weighted by Crippen LogP contribution is 2.31. The number of carbonyl (C=O) groups is 2. The molecule has 2 aromatic carbocycles. The fourth-order valence-electron chi connectivity index (χ4n) is 4.23. The first-order chi connectivity index (χ1) is 16.3. The predicted molar refractivity (Wildman–Crippen MR) is 129 cm³/mol. The highest BCUT2D eigenvalue weighted by atomic mass is 16.5. The number of benzene rings is 2. The number of aliphatic carboxylic acids is 1. The predicted octanol–water partition coefficient (Wildman–Crippen LogP) is 3.64. The van der Waals surface area contributed by atoms with Gasteiger partial charge in [0, 0.05) is 23.6 Å². The van der Waals surface area contributed by atoms with Crippen LogP contribution in [-0.4, -0.2) is 36.0 Å². The van der Waals surface area contributed by atoms with Crippen LogP contribution < -0.4 is 15.8 Å². The summed E-state index contributed by atoms with van der Waals surface area (Å²) in [6.45, 7) is 5.21. The van der Waals surface area contributed by atoms with Gasteiger partial charge in [0.25, 0.3) is 5.91 Å². The van der Waals surface area contributed by atoms with Gasteiger partial charge in [0.15, 0.2) is 0 Å². The molecule has 0 radical (unpaired) electrons. The van der Waals surface area contributed by atoms with Gasteiger partial charge >= 0.3 is 5.97 Å². The topological polar surface area (TPSA) is 138 Å². The van der Waals surface area contributed by atoms with Crippen LogP contribution in [0.2, 0.25) is 0 Å². The molecule has 0 saturated carbocycles. The van der Waals surface area contributed by atoms with Crippen LogP contribution in [0.15, 0.2) is 35.3 Å². The smallest absolute Gasteiger partial charge is 0.303 e. The summed E-state index contributed by atoms with van der Waals surface area (Å²) in [6, 6.07) is 10.6. The standard InChI is InChI=1S/C26H30N4O4/c1-3-13-34-23-10-7-17(14-18(23)15-27)26(33)30-25(28)20-8-9-21-19(16(20)2)11-12-29-22(21)5-4-6-24(31)32/h7-10,14,22,29H,3-6,11-13H2,1-2H3,(H,31,32)(H2,28,30,33). The Morgan fingerprint density at radius 3 is 2.82 bits per heavy atom. The van der Waals surface area contributed by atoms with E-state index in [1.165, 1.54) is 6.07 Å². The molecule has 178 valence electrons. The van der Waals surface area contributed by atoms with E-state index < -0.39 is 11.9 Å². The van der Waals surface area contributed by atoms with Crippen molar-refractivity contribution in [2.45, 2.75) is 52.0 Å². The van der Waals surface area contributed by atoms with Crippen molar-refractivity contribution < 1.29 is 19.4 Å². The summed E-state index contributed by atoms with van der Waals surface area (Å²) in [7, 11) is 0.